The summed E-state index contributed by atoms with van der Waals surface area (Å²) >= 11 is 0. The summed E-state index contributed by atoms with van der Waals surface area (Å²) in [5.74, 6) is -1.20. The number of carbonyl (C=O) groups is 2. The van der Waals surface area contributed by atoms with Crippen LogP contribution in [-0.2, 0) is 9.59 Å². The zero-order valence-corrected chi connectivity index (χ0v) is 14.1. The van der Waals surface area contributed by atoms with E-state index in [0.29, 0.717) is 0 Å². The molecule has 2 aromatic carbocycles. The predicted octanol–water partition coefficient (Wildman–Crippen LogP) is 3.99. The summed E-state index contributed by atoms with van der Waals surface area (Å²) in [5, 5.41) is 13.3. The number of benzene rings is 2. The smallest absolute Gasteiger partial charge is 0.303 e. The van der Waals surface area contributed by atoms with Crippen LogP contribution in [0.25, 0.3) is 23.0 Å². The first-order valence-corrected chi connectivity index (χ1v) is 8.27. The predicted molar refractivity (Wildman–Crippen MR) is 99.9 cm³/mol. The topological polar surface area (TPSA) is 72.2 Å². The van der Waals surface area contributed by atoms with Crippen LogP contribution in [0.2, 0.25) is 0 Å². The van der Waals surface area contributed by atoms with Gasteiger partial charge in [-0.25, -0.2) is 4.68 Å². The number of hydrogen-bond donors (Lipinski definition) is 1. The monoisotopic (exact) mass is 346 g/mol. The van der Waals surface area contributed by atoms with Crippen LogP contribution in [0.15, 0.2) is 72.9 Å². The summed E-state index contributed by atoms with van der Waals surface area (Å²) in [6, 6.07) is 19.4. The molecule has 3 aromatic rings. The van der Waals surface area contributed by atoms with Crippen molar-refractivity contribution in [3.63, 3.8) is 0 Å². The van der Waals surface area contributed by atoms with Gasteiger partial charge in [-0.15, -0.1) is 0 Å². The second kappa shape index (κ2) is 8.07. The van der Waals surface area contributed by atoms with E-state index in [2.05, 4.69) is 5.10 Å². The van der Waals surface area contributed by atoms with Crippen molar-refractivity contribution in [2.45, 2.75) is 12.8 Å². The number of carboxylic acids is 1. The zero-order chi connectivity index (χ0) is 18.4. The van der Waals surface area contributed by atoms with Gasteiger partial charge in [0.25, 0.3) is 0 Å². The van der Waals surface area contributed by atoms with Gasteiger partial charge >= 0.3 is 5.97 Å². The van der Waals surface area contributed by atoms with Crippen molar-refractivity contribution < 1.29 is 14.7 Å². The molecule has 130 valence electrons. The van der Waals surface area contributed by atoms with E-state index in [0.717, 1.165) is 22.5 Å². The number of carbonyl (C=O) groups excluding carboxylic acids is 1. The molecule has 0 radical (unpaired) electrons. The van der Waals surface area contributed by atoms with Gasteiger partial charge in [0, 0.05) is 23.7 Å². The highest BCUT2D eigenvalue weighted by Gasteiger charge is 2.11. The average Bonchev–Trinajstić information content (AvgIpc) is 3.10. The third kappa shape index (κ3) is 4.33. The fourth-order valence-electron chi connectivity index (χ4n) is 2.54. The minimum atomic E-state index is -0.978. The Bertz CT molecular complexity index is 928. The average molecular weight is 346 g/mol. The molecule has 0 aliphatic carbocycles. The summed E-state index contributed by atoms with van der Waals surface area (Å²) in [6.45, 7) is 0. The first-order valence-electron chi connectivity index (χ1n) is 8.27. The molecule has 1 N–H and O–H groups in total. The second-order valence-electron chi connectivity index (χ2n) is 5.77. The molecule has 0 fully saturated rings. The van der Waals surface area contributed by atoms with E-state index >= 15 is 0 Å². The van der Waals surface area contributed by atoms with E-state index in [1.54, 1.807) is 10.8 Å². The Kier molecular flexibility index (Phi) is 5.39. The lowest BCUT2D eigenvalue weighted by molar-refractivity contribution is -0.138. The number of hydrogen-bond acceptors (Lipinski definition) is 3. The third-order valence-electron chi connectivity index (χ3n) is 3.84. The van der Waals surface area contributed by atoms with E-state index in [9.17, 15) is 9.59 Å². The molecule has 0 amide bonds. The molecule has 0 unspecified atom stereocenters. The van der Waals surface area contributed by atoms with Crippen LogP contribution >= 0.6 is 0 Å². The SMILES string of the molecule is O=C(O)CCC(=O)/C=C/c1cn(-c2ccccc2)nc1-c1ccccc1. The van der Waals surface area contributed by atoms with E-state index in [4.69, 9.17) is 5.11 Å². The van der Waals surface area contributed by atoms with Crippen molar-refractivity contribution in [2.75, 3.05) is 0 Å². The molecule has 0 spiro atoms. The Morgan fingerprint density at radius 3 is 2.27 bits per heavy atom. The first-order chi connectivity index (χ1) is 12.6. The van der Waals surface area contributed by atoms with Gasteiger partial charge in [0.2, 0.25) is 0 Å². The number of aliphatic carboxylic acids is 1. The first kappa shape index (κ1) is 17.4. The van der Waals surface area contributed by atoms with Crippen LogP contribution in [0.3, 0.4) is 0 Å². The summed E-state index contributed by atoms with van der Waals surface area (Å²) in [7, 11) is 0. The van der Waals surface area contributed by atoms with Gasteiger partial charge in [0.1, 0.15) is 0 Å². The minimum absolute atomic E-state index is 0.0146. The van der Waals surface area contributed by atoms with Crippen LogP contribution in [0.5, 0.6) is 0 Å². The Labute approximate surface area is 151 Å². The van der Waals surface area contributed by atoms with Crippen molar-refractivity contribution in [2.24, 2.45) is 0 Å². The number of aromatic nitrogens is 2. The minimum Gasteiger partial charge on any atom is -0.481 e. The van der Waals surface area contributed by atoms with Gasteiger partial charge in [-0.3, -0.25) is 9.59 Å². The van der Waals surface area contributed by atoms with E-state index in [-0.39, 0.29) is 18.6 Å². The molecule has 1 aromatic heterocycles. The molecule has 0 saturated carbocycles. The molecular weight excluding hydrogens is 328 g/mol. The Hall–Kier alpha value is -3.47. The molecule has 0 bridgehead atoms. The highest BCUT2D eigenvalue weighted by molar-refractivity contribution is 5.95. The second-order valence-corrected chi connectivity index (χ2v) is 5.77. The van der Waals surface area contributed by atoms with Crippen LogP contribution < -0.4 is 0 Å². The summed E-state index contributed by atoms with van der Waals surface area (Å²) in [5.41, 5.74) is 3.42. The summed E-state index contributed by atoms with van der Waals surface area (Å²) < 4.78 is 1.77. The molecule has 0 saturated heterocycles. The molecular formula is C21H18N2O3. The van der Waals surface area contributed by atoms with Crippen LogP contribution in [0.1, 0.15) is 18.4 Å². The molecule has 0 atom stereocenters. The van der Waals surface area contributed by atoms with Crippen LogP contribution in [0.4, 0.5) is 0 Å². The lowest BCUT2D eigenvalue weighted by Gasteiger charge is -2.00. The van der Waals surface area contributed by atoms with E-state index in [1.807, 2.05) is 66.9 Å². The maximum absolute atomic E-state index is 11.9. The number of rotatable bonds is 7. The van der Waals surface area contributed by atoms with Crippen molar-refractivity contribution in [3.8, 4) is 16.9 Å². The Morgan fingerprint density at radius 2 is 1.62 bits per heavy atom. The summed E-state index contributed by atoms with van der Waals surface area (Å²) in [6.07, 6.45) is 4.79. The maximum atomic E-state index is 11.9. The third-order valence-corrected chi connectivity index (χ3v) is 3.84. The van der Waals surface area contributed by atoms with Gasteiger partial charge in [0.05, 0.1) is 17.8 Å². The van der Waals surface area contributed by atoms with Crippen LogP contribution in [0, 0.1) is 0 Å². The van der Waals surface area contributed by atoms with Gasteiger partial charge in [-0.2, -0.15) is 5.10 Å². The van der Waals surface area contributed by atoms with Gasteiger partial charge < -0.3 is 5.11 Å². The molecule has 0 aliphatic heterocycles. The highest BCUT2D eigenvalue weighted by Crippen LogP contribution is 2.24. The fourth-order valence-corrected chi connectivity index (χ4v) is 2.54. The number of allylic oxidation sites excluding steroid dienone is 1. The van der Waals surface area contributed by atoms with E-state index in [1.165, 1.54) is 6.08 Å². The quantitative estimate of drug-likeness (QED) is 0.657. The van der Waals surface area contributed by atoms with Gasteiger partial charge in [-0.1, -0.05) is 48.5 Å². The number of ketones is 1. The maximum Gasteiger partial charge on any atom is 0.303 e. The number of nitrogens with zero attached hydrogens (tertiary/aromatic N) is 2. The highest BCUT2D eigenvalue weighted by atomic mass is 16.4. The molecule has 3 rings (SSSR count). The van der Waals surface area contributed by atoms with E-state index < -0.39 is 5.97 Å². The Balaban J connectivity index is 1.93. The molecule has 26 heavy (non-hydrogen) atoms. The van der Waals surface area contributed by atoms with Gasteiger partial charge in [0.15, 0.2) is 5.78 Å². The number of para-hydroxylation sites is 1. The zero-order valence-electron chi connectivity index (χ0n) is 14.1. The molecule has 1 heterocycles. The van der Waals surface area contributed by atoms with Crippen molar-refractivity contribution in [3.05, 3.63) is 78.5 Å². The largest absolute Gasteiger partial charge is 0.481 e. The van der Waals surface area contributed by atoms with Crippen molar-refractivity contribution >= 4 is 17.8 Å². The normalized spacial score (nSPS) is 10.9. The van der Waals surface area contributed by atoms with Crippen molar-refractivity contribution in [1.82, 2.24) is 9.78 Å². The molecule has 0 aliphatic rings. The lowest BCUT2D eigenvalue weighted by atomic mass is 10.1. The lowest BCUT2D eigenvalue weighted by Crippen LogP contribution is -2.00. The summed E-state index contributed by atoms with van der Waals surface area (Å²) in [4.78, 5) is 22.5. The molecule has 5 nitrogen and oxygen atoms in total. The van der Waals surface area contributed by atoms with Gasteiger partial charge in [-0.05, 0) is 24.3 Å². The van der Waals surface area contributed by atoms with Crippen molar-refractivity contribution in [1.29, 1.82) is 0 Å². The Morgan fingerprint density at radius 1 is 0.962 bits per heavy atom. The molecule has 5 heteroatoms. The van der Waals surface area contributed by atoms with Crippen LogP contribution in [-0.4, -0.2) is 26.6 Å². The standard InChI is InChI=1S/C21H18N2O3/c24-19(13-14-20(25)26)12-11-17-15-23(18-9-5-2-6-10-18)22-21(17)16-7-3-1-4-8-16/h1-12,15H,13-14H2,(H,25,26)/b12-11+. The fraction of sp³-hybridized carbons (Fsp3) is 0.0952. The number of carboxylic acid groups (broad SMARTS) is 1.